The van der Waals surface area contributed by atoms with Gasteiger partial charge in [0.1, 0.15) is 18.9 Å². The maximum Gasteiger partial charge on any atom is 0.252 e. The first kappa shape index (κ1) is 18.5. The van der Waals surface area contributed by atoms with Gasteiger partial charge in [-0.25, -0.2) is 23.2 Å². The Morgan fingerprint density at radius 1 is 1.26 bits per heavy atom. The van der Waals surface area contributed by atoms with Gasteiger partial charge in [-0.05, 0) is 44.2 Å². The van der Waals surface area contributed by atoms with E-state index in [2.05, 4.69) is 10.1 Å². The van der Waals surface area contributed by atoms with Crippen LogP contribution in [0.15, 0.2) is 41.6 Å². The van der Waals surface area contributed by atoms with Crippen LogP contribution < -0.4 is 5.14 Å². The minimum Gasteiger partial charge on any atom is -0.318 e. The molecule has 3 aromatic rings. The molecule has 2 N–H and O–H groups in total. The highest BCUT2D eigenvalue weighted by Crippen LogP contribution is 2.22. The van der Waals surface area contributed by atoms with Crippen LogP contribution in [-0.2, 0) is 16.6 Å². The summed E-state index contributed by atoms with van der Waals surface area (Å²) in [6, 6.07) is 9.67. The zero-order chi connectivity index (χ0) is 19.8. The number of aromatic nitrogens is 4. The number of nitriles is 1. The fourth-order valence-corrected chi connectivity index (χ4v) is 3.40. The van der Waals surface area contributed by atoms with Crippen LogP contribution in [0.5, 0.6) is 0 Å². The van der Waals surface area contributed by atoms with Crippen LogP contribution in [0.25, 0.3) is 5.69 Å². The molecule has 0 fully saturated rings. The minimum atomic E-state index is -3.77. The number of sulfonamides is 1. The van der Waals surface area contributed by atoms with E-state index in [-0.39, 0.29) is 23.0 Å². The Morgan fingerprint density at radius 3 is 2.48 bits per heavy atom. The predicted octanol–water partition coefficient (Wildman–Crippen LogP) is 1.09. The fourth-order valence-electron chi connectivity index (χ4n) is 2.88. The predicted molar refractivity (Wildman–Crippen MR) is 95.7 cm³/mol. The molecule has 9 nitrogen and oxygen atoms in total. The van der Waals surface area contributed by atoms with Gasteiger partial charge in [-0.1, -0.05) is 0 Å². The van der Waals surface area contributed by atoms with Crippen molar-refractivity contribution in [2.75, 3.05) is 0 Å². The first-order valence-electron chi connectivity index (χ1n) is 7.85. The van der Waals surface area contributed by atoms with E-state index >= 15 is 0 Å². The molecule has 138 valence electrons. The van der Waals surface area contributed by atoms with Crippen LogP contribution in [0.4, 0.5) is 0 Å². The maximum atomic E-state index is 12.6. The van der Waals surface area contributed by atoms with E-state index in [1.165, 1.54) is 23.1 Å². The molecule has 2 heterocycles. The third-order valence-corrected chi connectivity index (χ3v) is 5.03. The van der Waals surface area contributed by atoms with E-state index in [1.54, 1.807) is 25.1 Å². The van der Waals surface area contributed by atoms with E-state index in [9.17, 15) is 13.2 Å². The average molecular weight is 384 g/mol. The molecule has 0 atom stereocenters. The molecule has 10 heteroatoms. The molecule has 2 aromatic heterocycles. The smallest absolute Gasteiger partial charge is 0.252 e. The monoisotopic (exact) mass is 384 g/mol. The summed E-state index contributed by atoms with van der Waals surface area (Å²) in [7, 11) is -3.77. The van der Waals surface area contributed by atoms with Crippen molar-refractivity contribution in [3.05, 3.63) is 59.4 Å². The lowest BCUT2D eigenvalue weighted by molar-refractivity contribution is 0.0967. The number of primary sulfonamides is 1. The summed E-state index contributed by atoms with van der Waals surface area (Å²) in [5, 5.41) is 17.8. The van der Waals surface area contributed by atoms with Gasteiger partial charge in [0.25, 0.3) is 5.82 Å². The van der Waals surface area contributed by atoms with Crippen molar-refractivity contribution >= 4 is 15.8 Å². The molecule has 0 amide bonds. The molecule has 0 saturated heterocycles. The number of Topliss-reactive ketones (excluding diaryl/α,β-unsaturated/α-hetero) is 1. The molecule has 0 aliphatic heterocycles. The second-order valence-corrected chi connectivity index (χ2v) is 7.52. The van der Waals surface area contributed by atoms with Crippen molar-refractivity contribution in [1.29, 1.82) is 5.26 Å². The number of nitrogens with zero attached hydrogens (tertiary/aromatic N) is 5. The molecule has 0 radical (unpaired) electrons. The second-order valence-electron chi connectivity index (χ2n) is 5.96. The van der Waals surface area contributed by atoms with Gasteiger partial charge in [0.2, 0.25) is 10.0 Å². The lowest BCUT2D eigenvalue weighted by Crippen LogP contribution is -2.13. The summed E-state index contributed by atoms with van der Waals surface area (Å²) in [6.07, 6.45) is 1.33. The number of carbonyl (C=O) groups excluding carboxylic acids is 1. The van der Waals surface area contributed by atoms with Gasteiger partial charge in [-0.3, -0.25) is 4.79 Å². The van der Waals surface area contributed by atoms with E-state index in [4.69, 9.17) is 10.4 Å². The highest BCUT2D eigenvalue weighted by Gasteiger charge is 2.18. The second kappa shape index (κ2) is 6.79. The molecule has 0 unspecified atom stereocenters. The molecule has 27 heavy (non-hydrogen) atoms. The normalized spacial score (nSPS) is 11.3. The number of aryl methyl sites for hydroxylation is 1. The molecule has 0 spiro atoms. The Morgan fingerprint density at radius 2 is 1.93 bits per heavy atom. The van der Waals surface area contributed by atoms with Gasteiger partial charge in [0.05, 0.1) is 4.90 Å². The van der Waals surface area contributed by atoms with Gasteiger partial charge in [0, 0.05) is 22.6 Å². The van der Waals surface area contributed by atoms with Crippen LogP contribution >= 0.6 is 0 Å². The first-order valence-corrected chi connectivity index (χ1v) is 9.40. The number of rotatable bonds is 5. The van der Waals surface area contributed by atoms with Gasteiger partial charge >= 0.3 is 0 Å². The van der Waals surface area contributed by atoms with Crippen LogP contribution in [0, 0.1) is 25.2 Å². The Labute approximate surface area is 155 Å². The summed E-state index contributed by atoms with van der Waals surface area (Å²) in [4.78, 5) is 16.4. The highest BCUT2D eigenvalue weighted by molar-refractivity contribution is 7.89. The highest BCUT2D eigenvalue weighted by atomic mass is 32.2. The number of nitrogens with two attached hydrogens (primary N) is 1. The van der Waals surface area contributed by atoms with Crippen molar-refractivity contribution < 1.29 is 13.2 Å². The number of ketones is 1. The van der Waals surface area contributed by atoms with Gasteiger partial charge in [0.15, 0.2) is 5.78 Å². The number of benzene rings is 1. The SMILES string of the molecule is Cc1cc(C(=O)Cn2cnc(C#N)n2)c(C)n1-c1ccc(S(N)(=O)=O)cc1. The quantitative estimate of drug-likeness (QED) is 0.654. The van der Waals surface area contributed by atoms with Gasteiger partial charge in [-0.15, -0.1) is 5.10 Å². The van der Waals surface area contributed by atoms with Crippen LogP contribution in [0.2, 0.25) is 0 Å². The van der Waals surface area contributed by atoms with E-state index in [0.717, 1.165) is 5.69 Å². The summed E-state index contributed by atoms with van der Waals surface area (Å²) >= 11 is 0. The maximum absolute atomic E-state index is 12.6. The Hall–Kier alpha value is -3.29. The molecule has 0 aliphatic rings. The summed E-state index contributed by atoms with van der Waals surface area (Å²) in [5.74, 6) is -0.173. The molecule has 0 aliphatic carbocycles. The zero-order valence-electron chi connectivity index (χ0n) is 14.6. The number of hydrogen-bond donors (Lipinski definition) is 1. The van der Waals surface area contributed by atoms with Crippen LogP contribution in [0.3, 0.4) is 0 Å². The Bertz CT molecular complexity index is 1170. The Kier molecular flexibility index (Phi) is 4.65. The van der Waals surface area contributed by atoms with Gasteiger partial charge < -0.3 is 4.57 Å². The molecule has 1 aromatic carbocycles. The molecule has 0 saturated carbocycles. The lowest BCUT2D eigenvalue weighted by Gasteiger charge is -2.10. The lowest BCUT2D eigenvalue weighted by atomic mass is 10.1. The molecular weight excluding hydrogens is 368 g/mol. The van der Waals surface area contributed by atoms with Crippen LogP contribution in [0.1, 0.15) is 27.6 Å². The molecule has 3 rings (SSSR count). The van der Waals surface area contributed by atoms with Crippen molar-refractivity contribution in [2.45, 2.75) is 25.3 Å². The number of carbonyl (C=O) groups is 1. The van der Waals surface area contributed by atoms with Crippen LogP contribution in [-0.4, -0.2) is 33.5 Å². The van der Waals surface area contributed by atoms with Crippen molar-refractivity contribution in [3.8, 4) is 11.8 Å². The standard InChI is InChI=1S/C17H16N6O3S/c1-11-7-15(16(24)9-22-10-20-17(8-18)21-22)12(2)23(11)13-3-5-14(6-4-13)27(19,25)26/h3-7,10H,9H2,1-2H3,(H2,19,25,26). The topological polar surface area (TPSA) is 137 Å². The molecular formula is C17H16N6O3S. The van der Waals surface area contributed by atoms with Crippen molar-refractivity contribution in [1.82, 2.24) is 19.3 Å². The summed E-state index contributed by atoms with van der Waals surface area (Å²) < 4.78 is 26.0. The Balaban J connectivity index is 1.92. The van der Waals surface area contributed by atoms with Gasteiger partial charge in [-0.2, -0.15) is 5.26 Å². The fraction of sp³-hybridized carbons (Fsp3) is 0.176. The van der Waals surface area contributed by atoms with Crippen molar-refractivity contribution in [2.24, 2.45) is 5.14 Å². The third-order valence-electron chi connectivity index (χ3n) is 4.10. The molecule has 0 bridgehead atoms. The van der Waals surface area contributed by atoms with E-state index < -0.39 is 10.0 Å². The van der Waals surface area contributed by atoms with Crippen molar-refractivity contribution in [3.63, 3.8) is 0 Å². The third kappa shape index (κ3) is 3.64. The minimum absolute atomic E-state index is 0.00298. The zero-order valence-corrected chi connectivity index (χ0v) is 15.4. The largest absolute Gasteiger partial charge is 0.318 e. The van der Waals surface area contributed by atoms with E-state index in [0.29, 0.717) is 16.9 Å². The first-order chi connectivity index (χ1) is 12.7. The van der Waals surface area contributed by atoms with E-state index in [1.807, 2.05) is 17.6 Å². The summed E-state index contributed by atoms with van der Waals surface area (Å²) in [5.41, 5.74) is 2.75. The number of hydrogen-bond acceptors (Lipinski definition) is 6. The average Bonchev–Trinajstić information content (AvgIpc) is 3.18. The summed E-state index contributed by atoms with van der Waals surface area (Å²) in [6.45, 7) is 3.61.